The second-order valence-electron chi connectivity index (χ2n) is 5.65. The predicted octanol–water partition coefficient (Wildman–Crippen LogP) is 2.88. The van der Waals surface area contributed by atoms with Gasteiger partial charge in [0.1, 0.15) is 12.4 Å². The van der Waals surface area contributed by atoms with Crippen LogP contribution in [0.15, 0.2) is 48.5 Å². The number of benzene rings is 2. The Morgan fingerprint density at radius 1 is 1.21 bits per heavy atom. The molecule has 0 fully saturated rings. The minimum absolute atomic E-state index is 0.136. The molecule has 3 N–H and O–H groups in total. The molecule has 1 atom stereocenters. The molecule has 0 aliphatic carbocycles. The van der Waals surface area contributed by atoms with Crippen LogP contribution in [-0.4, -0.2) is 25.7 Å². The highest BCUT2D eigenvalue weighted by Crippen LogP contribution is 2.19. The molecule has 1 amide bonds. The molecule has 0 radical (unpaired) electrons. The molecule has 0 aromatic heterocycles. The topological polar surface area (TPSA) is 73.6 Å². The van der Waals surface area contributed by atoms with Gasteiger partial charge >= 0.3 is 0 Å². The minimum atomic E-state index is -0.272. The van der Waals surface area contributed by atoms with Crippen molar-refractivity contribution in [1.82, 2.24) is 0 Å². The van der Waals surface area contributed by atoms with E-state index in [2.05, 4.69) is 11.4 Å². The summed E-state index contributed by atoms with van der Waals surface area (Å²) in [6.07, 6.45) is -0.0489. The molecule has 128 valence electrons. The molecule has 0 heterocycles. The summed E-state index contributed by atoms with van der Waals surface area (Å²) in [5.41, 5.74) is 8.52. The normalized spacial score (nSPS) is 11.8. The average Bonchev–Trinajstić information content (AvgIpc) is 2.58. The largest absolute Gasteiger partial charge is 0.489 e. The molecule has 5 heteroatoms. The molecule has 2 aromatic rings. The van der Waals surface area contributed by atoms with Crippen LogP contribution in [0.25, 0.3) is 0 Å². The van der Waals surface area contributed by atoms with E-state index in [1.807, 2.05) is 43.3 Å². The second kappa shape index (κ2) is 9.05. The maximum absolute atomic E-state index is 12.0. The van der Waals surface area contributed by atoms with E-state index < -0.39 is 0 Å². The summed E-state index contributed by atoms with van der Waals surface area (Å²) in [4.78, 5) is 12.0. The van der Waals surface area contributed by atoms with Crippen LogP contribution >= 0.6 is 0 Å². The van der Waals surface area contributed by atoms with Gasteiger partial charge in [0, 0.05) is 25.4 Å². The Labute approximate surface area is 142 Å². The predicted molar refractivity (Wildman–Crippen MR) is 95.1 cm³/mol. The third-order valence-electron chi connectivity index (χ3n) is 3.62. The molecule has 2 rings (SSSR count). The summed E-state index contributed by atoms with van der Waals surface area (Å²) in [5.74, 6) is 0.569. The zero-order valence-electron chi connectivity index (χ0n) is 14.1. The fourth-order valence-electron chi connectivity index (χ4n) is 2.31. The molecule has 5 nitrogen and oxygen atoms in total. The van der Waals surface area contributed by atoms with E-state index in [1.165, 1.54) is 5.56 Å². The van der Waals surface area contributed by atoms with Crippen molar-refractivity contribution in [3.05, 3.63) is 59.7 Å². The number of anilines is 1. The molecule has 0 aliphatic rings. The molecular weight excluding hydrogens is 304 g/mol. The van der Waals surface area contributed by atoms with Crippen molar-refractivity contribution in [3.8, 4) is 5.75 Å². The van der Waals surface area contributed by atoms with Crippen molar-refractivity contribution in [3.63, 3.8) is 0 Å². The lowest BCUT2D eigenvalue weighted by molar-refractivity contribution is -0.118. The van der Waals surface area contributed by atoms with Crippen molar-refractivity contribution < 1.29 is 14.3 Å². The molecular formula is C19H24N2O3. The van der Waals surface area contributed by atoms with Gasteiger partial charge in [0.15, 0.2) is 0 Å². The molecule has 2 aromatic carbocycles. The lowest BCUT2D eigenvalue weighted by Gasteiger charge is -2.13. The number of hydrogen-bond acceptors (Lipinski definition) is 4. The van der Waals surface area contributed by atoms with E-state index in [-0.39, 0.29) is 18.4 Å². The number of amides is 1. The van der Waals surface area contributed by atoms with E-state index >= 15 is 0 Å². The van der Waals surface area contributed by atoms with Gasteiger partial charge in [0.2, 0.25) is 5.91 Å². The van der Waals surface area contributed by atoms with E-state index in [1.54, 1.807) is 13.2 Å². The first-order valence-corrected chi connectivity index (χ1v) is 7.92. The van der Waals surface area contributed by atoms with Crippen molar-refractivity contribution in [1.29, 1.82) is 0 Å². The smallest absolute Gasteiger partial charge is 0.227 e. The summed E-state index contributed by atoms with van der Waals surface area (Å²) in [5, 5.41) is 2.83. The van der Waals surface area contributed by atoms with Gasteiger partial charge in [-0.2, -0.15) is 0 Å². The number of nitrogens with one attached hydrogen (secondary N) is 1. The molecule has 0 aliphatic heterocycles. The maximum Gasteiger partial charge on any atom is 0.227 e. The summed E-state index contributed by atoms with van der Waals surface area (Å²) in [6.45, 7) is 2.84. The van der Waals surface area contributed by atoms with Crippen molar-refractivity contribution in [2.45, 2.75) is 26.1 Å². The molecule has 0 bridgehead atoms. The Hall–Kier alpha value is -2.37. The van der Waals surface area contributed by atoms with Gasteiger partial charge in [-0.3, -0.25) is 4.79 Å². The number of carbonyl (C=O) groups excluding carboxylic acids is 1. The Bertz CT molecular complexity index is 669. The van der Waals surface area contributed by atoms with Crippen LogP contribution in [0.1, 0.15) is 17.5 Å². The Balaban J connectivity index is 1.92. The molecule has 24 heavy (non-hydrogen) atoms. The zero-order valence-corrected chi connectivity index (χ0v) is 14.1. The monoisotopic (exact) mass is 328 g/mol. The first kappa shape index (κ1) is 18.0. The number of ether oxygens (including phenoxy) is 2. The van der Waals surface area contributed by atoms with Gasteiger partial charge in [0.05, 0.1) is 12.5 Å². The van der Waals surface area contributed by atoms with Gasteiger partial charge in [-0.15, -0.1) is 0 Å². The van der Waals surface area contributed by atoms with Crippen LogP contribution in [0, 0.1) is 6.92 Å². The van der Waals surface area contributed by atoms with Gasteiger partial charge < -0.3 is 20.5 Å². The number of aryl methyl sites for hydroxylation is 1. The Morgan fingerprint density at radius 3 is 2.71 bits per heavy atom. The molecule has 0 spiro atoms. The van der Waals surface area contributed by atoms with Crippen LogP contribution < -0.4 is 15.8 Å². The quantitative estimate of drug-likeness (QED) is 0.781. The second-order valence-corrected chi connectivity index (χ2v) is 5.65. The van der Waals surface area contributed by atoms with Gasteiger partial charge in [-0.1, -0.05) is 35.9 Å². The number of rotatable bonds is 8. The first-order valence-electron chi connectivity index (χ1n) is 7.92. The zero-order chi connectivity index (χ0) is 17.4. The lowest BCUT2D eigenvalue weighted by atomic mass is 10.1. The van der Waals surface area contributed by atoms with Crippen LogP contribution in [0.2, 0.25) is 0 Å². The third-order valence-corrected chi connectivity index (χ3v) is 3.62. The molecule has 1 unspecified atom stereocenters. The van der Waals surface area contributed by atoms with E-state index in [0.29, 0.717) is 24.6 Å². The number of methoxy groups -OCH3 is 1. The third kappa shape index (κ3) is 5.68. The van der Waals surface area contributed by atoms with Crippen LogP contribution in [0.3, 0.4) is 0 Å². The highest BCUT2D eigenvalue weighted by atomic mass is 16.5. The van der Waals surface area contributed by atoms with E-state index in [4.69, 9.17) is 15.2 Å². The molecule has 0 saturated carbocycles. The number of carbonyl (C=O) groups is 1. The maximum atomic E-state index is 12.0. The SMILES string of the molecule is COC(CN)CC(=O)Nc1cccc(OCc2cccc(C)c2)c1. The highest BCUT2D eigenvalue weighted by molar-refractivity contribution is 5.91. The molecule has 0 saturated heterocycles. The standard InChI is InChI=1S/C19H24N2O3/c1-14-5-3-6-15(9-14)13-24-17-8-4-7-16(10-17)21-19(22)11-18(12-20)23-2/h3-10,18H,11-13,20H2,1-2H3,(H,21,22). The van der Waals surface area contributed by atoms with Gasteiger partial charge in [-0.05, 0) is 24.6 Å². The lowest BCUT2D eigenvalue weighted by Crippen LogP contribution is -2.28. The van der Waals surface area contributed by atoms with E-state index in [9.17, 15) is 4.79 Å². The number of hydrogen-bond donors (Lipinski definition) is 2. The van der Waals surface area contributed by atoms with Gasteiger partial charge in [0.25, 0.3) is 0 Å². The van der Waals surface area contributed by atoms with Crippen LogP contribution in [-0.2, 0) is 16.1 Å². The van der Waals surface area contributed by atoms with E-state index in [0.717, 1.165) is 5.56 Å². The first-order chi connectivity index (χ1) is 11.6. The highest BCUT2D eigenvalue weighted by Gasteiger charge is 2.11. The average molecular weight is 328 g/mol. The number of nitrogens with two attached hydrogens (primary N) is 1. The minimum Gasteiger partial charge on any atom is -0.489 e. The van der Waals surface area contributed by atoms with Crippen molar-refractivity contribution in [2.24, 2.45) is 5.73 Å². The van der Waals surface area contributed by atoms with Crippen molar-refractivity contribution in [2.75, 3.05) is 19.0 Å². The van der Waals surface area contributed by atoms with Gasteiger partial charge in [-0.25, -0.2) is 0 Å². The summed E-state index contributed by atoms with van der Waals surface area (Å²) < 4.78 is 10.9. The van der Waals surface area contributed by atoms with Crippen LogP contribution in [0.5, 0.6) is 5.75 Å². The Kier molecular flexibility index (Phi) is 6.78. The Morgan fingerprint density at radius 2 is 2.00 bits per heavy atom. The summed E-state index contributed by atoms with van der Waals surface area (Å²) in [7, 11) is 1.55. The van der Waals surface area contributed by atoms with Crippen molar-refractivity contribution >= 4 is 11.6 Å². The summed E-state index contributed by atoms with van der Waals surface area (Å²) >= 11 is 0. The summed E-state index contributed by atoms with van der Waals surface area (Å²) in [6, 6.07) is 15.5. The fourth-order valence-corrected chi connectivity index (χ4v) is 2.31. The fraction of sp³-hybridized carbons (Fsp3) is 0.316. The van der Waals surface area contributed by atoms with Crippen LogP contribution in [0.4, 0.5) is 5.69 Å².